The summed E-state index contributed by atoms with van der Waals surface area (Å²) in [6.07, 6.45) is 18.4. The molecule has 0 atom stereocenters. The lowest BCUT2D eigenvalue weighted by molar-refractivity contribution is -0.131. The third-order valence-corrected chi connectivity index (χ3v) is 5.88. The maximum atomic E-state index is 12.6. The minimum atomic E-state index is -0.933. The molecule has 2 aliphatic heterocycles. The summed E-state index contributed by atoms with van der Waals surface area (Å²) in [5.41, 5.74) is 1.96. The van der Waals surface area contributed by atoms with Crippen LogP contribution in [-0.2, 0) is 4.79 Å². The highest BCUT2D eigenvalue weighted by Gasteiger charge is 2.23. The zero-order valence-electron chi connectivity index (χ0n) is 18.0. The summed E-state index contributed by atoms with van der Waals surface area (Å²) in [6.45, 7) is 3.61. The normalized spacial score (nSPS) is 17.5. The van der Waals surface area contributed by atoms with E-state index < -0.39 is 5.97 Å². The summed E-state index contributed by atoms with van der Waals surface area (Å²) in [5.74, 6) is -0.0549. The number of unbranched alkanes of at least 4 members (excludes halogenated alkanes) is 1. The zero-order chi connectivity index (χ0) is 21.9. The highest BCUT2D eigenvalue weighted by Crippen LogP contribution is 2.24. The molecule has 5 heteroatoms. The monoisotopic (exact) mass is 420 g/mol. The molecular weight excluding hydrogens is 388 g/mol. The van der Waals surface area contributed by atoms with Gasteiger partial charge in [0, 0.05) is 37.8 Å². The Morgan fingerprint density at radius 3 is 2.58 bits per heavy atom. The molecule has 0 radical (unpaired) electrons. The van der Waals surface area contributed by atoms with Crippen LogP contribution in [0.5, 0.6) is 0 Å². The third kappa shape index (κ3) is 7.59. The number of hydrogen-bond acceptors (Lipinski definition) is 3. The Bertz CT molecular complexity index is 847. The molecule has 3 rings (SSSR count). The number of hydrogen-bond donors (Lipinski definition) is 1. The number of piperidine rings is 1. The molecule has 31 heavy (non-hydrogen) atoms. The number of carboxylic acid groups (broad SMARTS) is 1. The molecule has 5 nitrogen and oxygen atoms in total. The highest BCUT2D eigenvalue weighted by molar-refractivity contribution is 5.94. The predicted octanol–water partition coefficient (Wildman–Crippen LogP) is 4.66. The average molecular weight is 421 g/mol. The van der Waals surface area contributed by atoms with Crippen LogP contribution in [0.15, 0.2) is 78.6 Å². The zero-order valence-corrected chi connectivity index (χ0v) is 18.0. The first-order valence-corrected chi connectivity index (χ1v) is 11.2. The smallest absolute Gasteiger partial charge is 0.328 e. The predicted molar refractivity (Wildman–Crippen MR) is 124 cm³/mol. The molecule has 0 aromatic heterocycles. The number of amides is 1. The molecule has 2 aliphatic rings. The van der Waals surface area contributed by atoms with Gasteiger partial charge >= 0.3 is 5.97 Å². The number of benzene rings is 1. The van der Waals surface area contributed by atoms with Gasteiger partial charge in [0.1, 0.15) is 0 Å². The van der Waals surface area contributed by atoms with Gasteiger partial charge in [0.05, 0.1) is 0 Å². The van der Waals surface area contributed by atoms with Crippen molar-refractivity contribution < 1.29 is 14.7 Å². The van der Waals surface area contributed by atoms with E-state index in [2.05, 4.69) is 17.2 Å². The molecule has 1 amide bonds. The number of nitrogens with zero attached hydrogens (tertiary/aromatic N) is 2. The van der Waals surface area contributed by atoms with Gasteiger partial charge < -0.3 is 14.9 Å². The molecular formula is C26H32N2O3. The number of allylic oxidation sites excluding steroid dienone is 4. The topological polar surface area (TPSA) is 60.9 Å². The Morgan fingerprint density at radius 1 is 1.06 bits per heavy atom. The average Bonchev–Trinajstić information content (AvgIpc) is 2.80. The van der Waals surface area contributed by atoms with Crippen LogP contribution in [0.1, 0.15) is 42.5 Å². The Labute approximate surface area is 185 Å². The summed E-state index contributed by atoms with van der Waals surface area (Å²) in [4.78, 5) is 27.4. The molecule has 1 saturated heterocycles. The number of carboxylic acids is 1. The van der Waals surface area contributed by atoms with Crippen molar-refractivity contribution in [3.05, 3.63) is 84.1 Å². The maximum Gasteiger partial charge on any atom is 0.328 e. The van der Waals surface area contributed by atoms with Gasteiger partial charge in [-0.15, -0.1) is 0 Å². The summed E-state index contributed by atoms with van der Waals surface area (Å²) < 4.78 is 0. The van der Waals surface area contributed by atoms with Gasteiger partial charge in [0.2, 0.25) is 0 Å². The van der Waals surface area contributed by atoms with Gasteiger partial charge in [-0.25, -0.2) is 4.79 Å². The number of carbonyl (C=O) groups is 2. The van der Waals surface area contributed by atoms with E-state index in [1.165, 1.54) is 18.4 Å². The van der Waals surface area contributed by atoms with Crippen LogP contribution in [0.2, 0.25) is 0 Å². The van der Waals surface area contributed by atoms with Gasteiger partial charge in [-0.1, -0.05) is 55.3 Å². The Hall–Kier alpha value is -3.08. The lowest BCUT2D eigenvalue weighted by atomic mass is 9.91. The number of likely N-dealkylation sites (tertiary alicyclic amines) is 1. The largest absolute Gasteiger partial charge is 0.478 e. The molecule has 164 valence electrons. The second-order valence-electron chi connectivity index (χ2n) is 8.21. The second-order valence-corrected chi connectivity index (χ2v) is 8.21. The van der Waals surface area contributed by atoms with Gasteiger partial charge in [0.25, 0.3) is 5.91 Å². The van der Waals surface area contributed by atoms with Crippen LogP contribution in [0.3, 0.4) is 0 Å². The Morgan fingerprint density at radius 2 is 1.84 bits per heavy atom. The van der Waals surface area contributed by atoms with Crippen LogP contribution in [-0.4, -0.2) is 53.0 Å². The SMILES string of the molecule is O=C(O)C=CC=CC1=CC=CN(CCCCC2CCN(C(=O)c3ccccc3)CC2)C1. The fourth-order valence-corrected chi connectivity index (χ4v) is 4.14. The molecule has 1 aromatic carbocycles. The molecule has 1 aromatic rings. The van der Waals surface area contributed by atoms with Crippen molar-refractivity contribution in [1.82, 2.24) is 9.80 Å². The molecule has 2 heterocycles. The van der Waals surface area contributed by atoms with Gasteiger partial charge in [0.15, 0.2) is 0 Å². The molecule has 0 bridgehead atoms. The van der Waals surface area contributed by atoms with Crippen molar-refractivity contribution in [1.29, 1.82) is 0 Å². The van der Waals surface area contributed by atoms with Crippen molar-refractivity contribution >= 4 is 11.9 Å². The fourth-order valence-electron chi connectivity index (χ4n) is 4.14. The Kier molecular flexibility index (Phi) is 8.71. The first kappa shape index (κ1) is 22.6. The van der Waals surface area contributed by atoms with Crippen LogP contribution in [0, 0.1) is 5.92 Å². The lowest BCUT2D eigenvalue weighted by Gasteiger charge is -2.32. The fraction of sp³-hybridized carbons (Fsp3) is 0.385. The van der Waals surface area contributed by atoms with Crippen molar-refractivity contribution in [2.75, 3.05) is 26.2 Å². The molecule has 0 aliphatic carbocycles. The minimum absolute atomic E-state index is 0.160. The van der Waals surface area contributed by atoms with Gasteiger partial charge in [-0.2, -0.15) is 0 Å². The lowest BCUT2D eigenvalue weighted by Crippen LogP contribution is -2.38. The first-order chi connectivity index (χ1) is 15.1. The summed E-state index contributed by atoms with van der Waals surface area (Å²) in [5, 5.41) is 8.62. The van der Waals surface area contributed by atoms with Crippen molar-refractivity contribution in [3.63, 3.8) is 0 Å². The number of aliphatic carboxylic acids is 1. The first-order valence-electron chi connectivity index (χ1n) is 11.2. The van der Waals surface area contributed by atoms with Crippen LogP contribution < -0.4 is 0 Å². The van der Waals surface area contributed by atoms with Gasteiger partial charge in [-0.05, 0) is 55.2 Å². The summed E-state index contributed by atoms with van der Waals surface area (Å²) in [7, 11) is 0. The van der Waals surface area contributed by atoms with E-state index in [1.807, 2.05) is 47.4 Å². The third-order valence-electron chi connectivity index (χ3n) is 5.88. The molecule has 1 N–H and O–H groups in total. The van der Waals surface area contributed by atoms with Crippen LogP contribution in [0.4, 0.5) is 0 Å². The molecule has 0 spiro atoms. The number of rotatable bonds is 9. The Balaban J connectivity index is 1.30. The van der Waals surface area contributed by atoms with E-state index in [9.17, 15) is 9.59 Å². The standard InChI is InChI=1S/C26H32N2O3/c29-25(30)14-5-4-10-23-11-8-18-27(21-23)17-7-6-9-22-15-19-28(20-16-22)26(31)24-12-2-1-3-13-24/h1-5,8,10-14,18,22H,6-7,9,15-17,19-21H2,(H,29,30). The highest BCUT2D eigenvalue weighted by atomic mass is 16.4. The van der Waals surface area contributed by atoms with E-state index in [-0.39, 0.29) is 5.91 Å². The quantitative estimate of drug-likeness (QED) is 0.359. The van der Waals surface area contributed by atoms with Gasteiger partial charge in [-0.3, -0.25) is 4.79 Å². The van der Waals surface area contributed by atoms with E-state index in [4.69, 9.17) is 5.11 Å². The number of carbonyl (C=O) groups excluding carboxylic acids is 1. The van der Waals surface area contributed by atoms with Crippen molar-refractivity contribution in [2.45, 2.75) is 32.1 Å². The maximum absolute atomic E-state index is 12.6. The van der Waals surface area contributed by atoms with E-state index in [0.717, 1.165) is 63.0 Å². The molecule has 1 fully saturated rings. The second kappa shape index (κ2) is 11.9. The van der Waals surface area contributed by atoms with E-state index in [1.54, 1.807) is 12.2 Å². The molecule has 0 saturated carbocycles. The van der Waals surface area contributed by atoms with E-state index in [0.29, 0.717) is 0 Å². The summed E-state index contributed by atoms with van der Waals surface area (Å²) >= 11 is 0. The van der Waals surface area contributed by atoms with Crippen LogP contribution in [0.25, 0.3) is 0 Å². The van der Waals surface area contributed by atoms with Crippen molar-refractivity contribution in [3.8, 4) is 0 Å². The summed E-state index contributed by atoms with van der Waals surface area (Å²) in [6, 6.07) is 9.57. The minimum Gasteiger partial charge on any atom is -0.478 e. The molecule has 0 unspecified atom stereocenters. The van der Waals surface area contributed by atoms with Crippen molar-refractivity contribution in [2.24, 2.45) is 5.92 Å². The van der Waals surface area contributed by atoms with Crippen LogP contribution >= 0.6 is 0 Å². The van der Waals surface area contributed by atoms with E-state index >= 15 is 0 Å².